The predicted molar refractivity (Wildman–Crippen MR) is 136 cm³/mol. The Morgan fingerprint density at radius 3 is 1.66 bits per heavy atom. The summed E-state index contributed by atoms with van der Waals surface area (Å²) in [5.41, 5.74) is 0.590. The molecule has 1 atom stereocenters. The van der Waals surface area contributed by atoms with E-state index in [0.29, 0.717) is 11.3 Å². The molecule has 3 nitrogen and oxygen atoms in total. The number of ether oxygens (including phenoxy) is 1. The van der Waals surface area contributed by atoms with Gasteiger partial charge in [0.15, 0.2) is 0 Å². The van der Waals surface area contributed by atoms with Gasteiger partial charge in [-0.25, -0.2) is 0 Å². The van der Waals surface area contributed by atoms with Crippen molar-refractivity contribution in [1.82, 2.24) is 0 Å². The van der Waals surface area contributed by atoms with Crippen LogP contribution in [-0.4, -0.2) is 17.8 Å². The van der Waals surface area contributed by atoms with Gasteiger partial charge >= 0.3 is 0 Å². The first-order valence-corrected chi connectivity index (χ1v) is 13.6. The molecule has 0 unspecified atom stereocenters. The van der Waals surface area contributed by atoms with Crippen molar-refractivity contribution in [2.45, 2.75) is 135 Å². The third kappa shape index (κ3) is 16.2. The van der Waals surface area contributed by atoms with Crippen LogP contribution in [-0.2, 0) is 0 Å². The maximum Gasteiger partial charge on any atom is 0.122 e. The topological polar surface area (TPSA) is 53.2 Å². The Balaban J connectivity index is 1.86. The molecule has 3 heteroatoms. The number of aliphatic hydroxyl groups excluding tert-OH is 1. The fourth-order valence-corrected chi connectivity index (χ4v) is 4.29. The fraction of sp³-hybridized carbons (Fsp3) is 0.759. The van der Waals surface area contributed by atoms with E-state index in [1.165, 1.54) is 109 Å². The first-order chi connectivity index (χ1) is 15.8. The van der Waals surface area contributed by atoms with Gasteiger partial charge in [-0.05, 0) is 31.0 Å². The molecule has 182 valence electrons. The van der Waals surface area contributed by atoms with Crippen LogP contribution in [0.4, 0.5) is 0 Å². The van der Waals surface area contributed by atoms with Crippen molar-refractivity contribution in [2.24, 2.45) is 0 Å². The van der Waals surface area contributed by atoms with Crippen LogP contribution in [0.1, 0.15) is 134 Å². The Morgan fingerprint density at radius 2 is 1.22 bits per heavy atom. The highest BCUT2D eigenvalue weighted by molar-refractivity contribution is 5.36. The van der Waals surface area contributed by atoms with Gasteiger partial charge in [0.2, 0.25) is 0 Å². The molecule has 0 heterocycles. The Bertz CT molecular complexity index is 581. The number of rotatable bonds is 22. The number of hydrogen-bond donors (Lipinski definition) is 1. The monoisotopic (exact) mass is 443 g/mol. The Labute approximate surface area is 198 Å². The highest BCUT2D eigenvalue weighted by Crippen LogP contribution is 2.18. The molecule has 1 rings (SSSR count). The number of benzene rings is 1. The van der Waals surface area contributed by atoms with Crippen LogP contribution < -0.4 is 4.74 Å². The van der Waals surface area contributed by atoms with E-state index in [0.717, 1.165) is 12.8 Å². The molecule has 0 aromatic heterocycles. The Hall–Kier alpha value is -1.53. The molecular formula is C29H49NO2. The summed E-state index contributed by atoms with van der Waals surface area (Å²) in [5.74, 6) is 0.672. The third-order valence-electron chi connectivity index (χ3n) is 6.35. The number of aliphatic hydroxyl groups is 1. The maximum atomic E-state index is 9.57. The van der Waals surface area contributed by atoms with Crippen molar-refractivity contribution in [3.05, 3.63) is 29.8 Å². The van der Waals surface area contributed by atoms with Gasteiger partial charge in [-0.1, -0.05) is 122 Å². The molecule has 0 amide bonds. The number of nitrogens with zero attached hydrogens (tertiary/aromatic N) is 1. The molecule has 0 aliphatic rings. The molecule has 0 saturated heterocycles. The molecule has 0 saturated carbocycles. The fourth-order valence-electron chi connectivity index (χ4n) is 4.29. The molecular weight excluding hydrogens is 394 g/mol. The quantitative estimate of drug-likeness (QED) is 0.182. The van der Waals surface area contributed by atoms with E-state index in [-0.39, 0.29) is 12.7 Å². The van der Waals surface area contributed by atoms with Crippen molar-refractivity contribution in [3.8, 4) is 11.8 Å². The lowest BCUT2D eigenvalue weighted by atomic mass is 10.0. The van der Waals surface area contributed by atoms with Crippen molar-refractivity contribution in [3.63, 3.8) is 0 Å². The molecule has 1 aromatic rings. The van der Waals surface area contributed by atoms with Crippen molar-refractivity contribution in [1.29, 1.82) is 5.26 Å². The van der Waals surface area contributed by atoms with Gasteiger partial charge in [0.1, 0.15) is 11.9 Å². The predicted octanol–water partition coefficient (Wildman–Crippen LogP) is 8.73. The van der Waals surface area contributed by atoms with E-state index in [1.807, 2.05) is 12.1 Å². The zero-order chi connectivity index (χ0) is 23.1. The van der Waals surface area contributed by atoms with Crippen LogP contribution >= 0.6 is 0 Å². The summed E-state index contributed by atoms with van der Waals surface area (Å²) in [6, 6.07) is 9.28. The van der Waals surface area contributed by atoms with Crippen molar-refractivity contribution in [2.75, 3.05) is 6.61 Å². The largest absolute Gasteiger partial charge is 0.488 e. The molecule has 0 fully saturated rings. The van der Waals surface area contributed by atoms with Gasteiger partial charge in [0.05, 0.1) is 18.2 Å². The molecule has 1 N–H and O–H groups in total. The van der Waals surface area contributed by atoms with E-state index < -0.39 is 0 Å². The smallest absolute Gasteiger partial charge is 0.122 e. The summed E-state index contributed by atoms with van der Waals surface area (Å²) in [7, 11) is 0. The van der Waals surface area contributed by atoms with Crippen LogP contribution in [0.3, 0.4) is 0 Å². The molecule has 0 aliphatic carbocycles. The summed E-state index contributed by atoms with van der Waals surface area (Å²) >= 11 is 0. The molecule has 32 heavy (non-hydrogen) atoms. The SMILES string of the molecule is CCCCCCCCCCCCCCCCCCCC[C@H](CO)Oc1cccc(C#N)c1. The van der Waals surface area contributed by atoms with Gasteiger partial charge in [-0.2, -0.15) is 5.26 Å². The molecule has 0 bridgehead atoms. The first kappa shape index (κ1) is 28.5. The molecule has 0 spiro atoms. The molecule has 0 radical (unpaired) electrons. The minimum atomic E-state index is -0.176. The minimum Gasteiger partial charge on any atom is -0.488 e. The second kappa shape index (κ2) is 21.3. The summed E-state index contributed by atoms with van der Waals surface area (Å²) in [5, 5.41) is 18.5. The van der Waals surface area contributed by atoms with Crippen LogP contribution in [0, 0.1) is 11.3 Å². The second-order valence-corrected chi connectivity index (χ2v) is 9.36. The third-order valence-corrected chi connectivity index (χ3v) is 6.35. The Morgan fingerprint density at radius 1 is 0.750 bits per heavy atom. The van der Waals surface area contributed by atoms with Crippen molar-refractivity contribution < 1.29 is 9.84 Å². The minimum absolute atomic E-state index is 0.0236. The zero-order valence-corrected chi connectivity index (χ0v) is 20.8. The number of hydrogen-bond acceptors (Lipinski definition) is 3. The lowest BCUT2D eigenvalue weighted by Gasteiger charge is -2.17. The van der Waals surface area contributed by atoms with Crippen LogP contribution in [0.25, 0.3) is 0 Å². The highest BCUT2D eigenvalue weighted by atomic mass is 16.5. The summed E-state index contributed by atoms with van der Waals surface area (Å²) in [4.78, 5) is 0. The van der Waals surface area contributed by atoms with Crippen LogP contribution in [0.15, 0.2) is 24.3 Å². The lowest BCUT2D eigenvalue weighted by Crippen LogP contribution is -2.21. The van der Waals surface area contributed by atoms with Crippen LogP contribution in [0.2, 0.25) is 0 Å². The average Bonchev–Trinajstić information content (AvgIpc) is 2.82. The van der Waals surface area contributed by atoms with Crippen molar-refractivity contribution >= 4 is 0 Å². The van der Waals surface area contributed by atoms with Gasteiger partial charge in [0, 0.05) is 0 Å². The van der Waals surface area contributed by atoms with Gasteiger partial charge in [-0.15, -0.1) is 0 Å². The summed E-state index contributed by atoms with van der Waals surface area (Å²) < 4.78 is 5.84. The van der Waals surface area contributed by atoms with E-state index in [1.54, 1.807) is 12.1 Å². The first-order valence-electron chi connectivity index (χ1n) is 13.6. The lowest BCUT2D eigenvalue weighted by molar-refractivity contribution is 0.106. The average molecular weight is 444 g/mol. The van der Waals surface area contributed by atoms with Gasteiger partial charge in [0.25, 0.3) is 0 Å². The maximum absolute atomic E-state index is 9.57. The van der Waals surface area contributed by atoms with Gasteiger partial charge in [-0.3, -0.25) is 0 Å². The van der Waals surface area contributed by atoms with E-state index >= 15 is 0 Å². The normalized spacial score (nSPS) is 11.9. The Kier molecular flexibility index (Phi) is 19.0. The number of unbranched alkanes of at least 4 members (excludes halogenated alkanes) is 17. The molecule has 1 aromatic carbocycles. The summed E-state index contributed by atoms with van der Waals surface area (Å²) in [6.07, 6.45) is 25.4. The second-order valence-electron chi connectivity index (χ2n) is 9.36. The van der Waals surface area contributed by atoms with Gasteiger partial charge < -0.3 is 9.84 Å². The zero-order valence-electron chi connectivity index (χ0n) is 20.8. The standard InChI is InChI=1S/C29H49NO2/c1-2-3-4-5-6-7-8-9-10-11-12-13-14-15-16-17-18-19-22-29(26-31)32-28-23-20-21-27(24-28)25-30/h20-21,23-24,29,31H,2-19,22,26H2,1H3/t29-/m1/s1. The van der Waals surface area contributed by atoms with E-state index in [4.69, 9.17) is 10.00 Å². The van der Waals surface area contributed by atoms with Crippen LogP contribution in [0.5, 0.6) is 5.75 Å². The highest BCUT2D eigenvalue weighted by Gasteiger charge is 2.09. The summed E-state index contributed by atoms with van der Waals surface area (Å²) in [6.45, 7) is 2.31. The molecule has 0 aliphatic heterocycles. The van der Waals surface area contributed by atoms with E-state index in [9.17, 15) is 5.11 Å². The van der Waals surface area contributed by atoms with E-state index in [2.05, 4.69) is 13.0 Å². The number of nitriles is 1.